The normalized spacial score (nSPS) is 50.6. The van der Waals surface area contributed by atoms with Gasteiger partial charge in [0.1, 0.15) is 0 Å². The van der Waals surface area contributed by atoms with Crippen LogP contribution in [0.2, 0.25) is 0 Å². The Morgan fingerprint density at radius 3 is 2.64 bits per heavy atom. The van der Waals surface area contributed by atoms with Gasteiger partial charge in [0.05, 0.1) is 0 Å². The predicted octanol–water partition coefficient (Wildman–Crippen LogP) is 5.90. The Bertz CT molecular complexity index is 539. The second-order valence-corrected chi connectivity index (χ2v) is 8.76. The molecule has 0 N–H and O–H groups in total. The van der Waals surface area contributed by atoms with Crippen LogP contribution in [0.4, 0.5) is 0 Å². The van der Waals surface area contributed by atoms with E-state index < -0.39 is 0 Å². The van der Waals surface area contributed by atoms with E-state index in [-0.39, 0.29) is 5.54 Å². The van der Waals surface area contributed by atoms with Crippen molar-refractivity contribution in [3.05, 3.63) is 35.7 Å². The maximum absolute atomic E-state index is 7.80. The summed E-state index contributed by atoms with van der Waals surface area (Å²) in [4.78, 5) is 4.15. The van der Waals surface area contributed by atoms with E-state index in [0.29, 0.717) is 11.3 Å². The van der Waals surface area contributed by atoms with Crippen molar-refractivity contribution in [1.82, 2.24) is 0 Å². The minimum atomic E-state index is -0.117. The standard InChI is InChI=1S/C21H31N/c1-14(2)9-12-21-13-15(3)17-10-11-20(5,22-6)18(19(17)21)8-7-16(21)4/h9,12,15-19H,1,7-8,10-11,13H2,2-5H3/b12-9+/t15-,16+,17+,18-,19+,20-,21-/m1/s1. The maximum atomic E-state index is 7.80. The molecule has 22 heavy (non-hydrogen) atoms. The van der Waals surface area contributed by atoms with E-state index in [1.807, 2.05) is 0 Å². The summed E-state index contributed by atoms with van der Waals surface area (Å²) in [5, 5.41) is 0. The molecule has 0 heterocycles. The van der Waals surface area contributed by atoms with Gasteiger partial charge in [-0.2, -0.15) is 0 Å². The van der Waals surface area contributed by atoms with Gasteiger partial charge in [0.2, 0.25) is 5.54 Å². The average Bonchev–Trinajstić information content (AvgIpc) is 2.78. The molecule has 3 aliphatic rings. The van der Waals surface area contributed by atoms with Gasteiger partial charge in [0.25, 0.3) is 0 Å². The molecule has 0 aliphatic heterocycles. The summed E-state index contributed by atoms with van der Waals surface area (Å²) in [6.07, 6.45) is 11.0. The molecule has 0 spiro atoms. The number of rotatable bonds is 2. The van der Waals surface area contributed by atoms with E-state index in [2.05, 4.69) is 51.3 Å². The van der Waals surface area contributed by atoms with Crippen molar-refractivity contribution in [2.45, 2.75) is 65.3 Å². The molecule has 0 radical (unpaired) electrons. The molecular weight excluding hydrogens is 266 g/mol. The van der Waals surface area contributed by atoms with Crippen molar-refractivity contribution in [3.63, 3.8) is 0 Å². The van der Waals surface area contributed by atoms with Crippen LogP contribution >= 0.6 is 0 Å². The first kappa shape index (κ1) is 15.9. The molecule has 0 aromatic carbocycles. The molecule has 3 fully saturated rings. The summed E-state index contributed by atoms with van der Waals surface area (Å²) >= 11 is 0. The molecule has 0 amide bonds. The lowest BCUT2D eigenvalue weighted by Crippen LogP contribution is -2.52. The molecule has 3 rings (SSSR count). The summed E-state index contributed by atoms with van der Waals surface area (Å²) in [5.74, 6) is 3.69. The van der Waals surface area contributed by atoms with E-state index in [9.17, 15) is 0 Å². The van der Waals surface area contributed by atoms with Crippen LogP contribution in [0.5, 0.6) is 0 Å². The molecule has 1 nitrogen and oxygen atoms in total. The first-order chi connectivity index (χ1) is 10.3. The molecule has 3 saturated carbocycles. The van der Waals surface area contributed by atoms with Crippen molar-refractivity contribution >= 4 is 0 Å². The van der Waals surface area contributed by atoms with Gasteiger partial charge in [-0.3, -0.25) is 0 Å². The van der Waals surface area contributed by atoms with Crippen molar-refractivity contribution in [1.29, 1.82) is 0 Å². The zero-order valence-corrected chi connectivity index (χ0v) is 14.7. The Morgan fingerprint density at radius 2 is 2.00 bits per heavy atom. The highest BCUT2D eigenvalue weighted by atomic mass is 14.8. The lowest BCUT2D eigenvalue weighted by Gasteiger charge is -2.53. The third kappa shape index (κ3) is 2.10. The average molecular weight is 297 g/mol. The molecule has 0 saturated heterocycles. The van der Waals surface area contributed by atoms with Gasteiger partial charge < -0.3 is 4.85 Å². The molecule has 0 aromatic heterocycles. The molecule has 0 bridgehead atoms. The highest BCUT2D eigenvalue weighted by Gasteiger charge is 2.65. The topological polar surface area (TPSA) is 4.36 Å². The van der Waals surface area contributed by atoms with Crippen molar-refractivity contribution < 1.29 is 0 Å². The second-order valence-electron chi connectivity index (χ2n) is 8.76. The third-order valence-electron chi connectivity index (χ3n) is 7.47. The Morgan fingerprint density at radius 1 is 1.27 bits per heavy atom. The van der Waals surface area contributed by atoms with Gasteiger partial charge in [-0.05, 0) is 61.7 Å². The van der Waals surface area contributed by atoms with Crippen LogP contribution in [0.15, 0.2) is 24.3 Å². The second kappa shape index (κ2) is 5.26. The van der Waals surface area contributed by atoms with Gasteiger partial charge in [0, 0.05) is 19.3 Å². The predicted molar refractivity (Wildman–Crippen MR) is 93.3 cm³/mol. The maximum Gasteiger partial charge on any atom is 0.233 e. The van der Waals surface area contributed by atoms with Crippen molar-refractivity contribution in [2.75, 3.05) is 0 Å². The summed E-state index contributed by atoms with van der Waals surface area (Å²) in [6, 6.07) is 0. The zero-order chi connectivity index (χ0) is 16.1. The first-order valence-electron chi connectivity index (χ1n) is 9.07. The fourth-order valence-corrected chi connectivity index (χ4v) is 6.26. The van der Waals surface area contributed by atoms with Crippen LogP contribution in [0.25, 0.3) is 4.85 Å². The summed E-state index contributed by atoms with van der Waals surface area (Å²) in [7, 11) is 0. The van der Waals surface area contributed by atoms with Crippen LogP contribution in [-0.4, -0.2) is 5.54 Å². The van der Waals surface area contributed by atoms with Gasteiger partial charge >= 0.3 is 0 Å². The van der Waals surface area contributed by atoms with Crippen LogP contribution in [0.3, 0.4) is 0 Å². The van der Waals surface area contributed by atoms with E-state index in [1.54, 1.807) is 0 Å². The zero-order valence-electron chi connectivity index (χ0n) is 14.7. The van der Waals surface area contributed by atoms with Gasteiger partial charge in [-0.25, -0.2) is 6.57 Å². The van der Waals surface area contributed by atoms with E-state index in [4.69, 9.17) is 6.57 Å². The van der Waals surface area contributed by atoms with Gasteiger partial charge in [-0.15, -0.1) is 0 Å². The molecule has 120 valence electrons. The fraction of sp³-hybridized carbons (Fsp3) is 0.762. The quantitative estimate of drug-likeness (QED) is 0.442. The van der Waals surface area contributed by atoms with Gasteiger partial charge in [-0.1, -0.05) is 38.2 Å². The Hall–Kier alpha value is -1.03. The van der Waals surface area contributed by atoms with Crippen LogP contribution < -0.4 is 0 Å². The molecule has 1 heteroatoms. The summed E-state index contributed by atoms with van der Waals surface area (Å²) < 4.78 is 0. The lowest BCUT2D eigenvalue weighted by molar-refractivity contribution is -0.0201. The monoisotopic (exact) mass is 297 g/mol. The number of hydrogen-bond acceptors (Lipinski definition) is 0. The Kier molecular flexibility index (Phi) is 3.79. The SMILES string of the molecule is [C-]#[N+][C@]1(C)CC[C@@H]2[C@H]3[C@H]1CC[C@H](C)[C@@]3(/C=C/C(=C)C)C[C@H]2C. The molecule has 0 unspecified atom stereocenters. The third-order valence-corrected chi connectivity index (χ3v) is 7.47. The highest BCUT2D eigenvalue weighted by molar-refractivity contribution is 5.25. The van der Waals surface area contributed by atoms with Gasteiger partial charge in [0.15, 0.2) is 0 Å². The molecule has 3 aliphatic carbocycles. The van der Waals surface area contributed by atoms with E-state index in [0.717, 1.165) is 35.7 Å². The van der Waals surface area contributed by atoms with Crippen LogP contribution in [0.1, 0.15) is 59.8 Å². The van der Waals surface area contributed by atoms with E-state index in [1.165, 1.54) is 25.7 Å². The molecule has 0 aromatic rings. The largest absolute Gasteiger partial charge is 0.310 e. The summed E-state index contributed by atoms with van der Waals surface area (Å²) in [6.45, 7) is 21.1. The van der Waals surface area contributed by atoms with Crippen LogP contribution in [-0.2, 0) is 0 Å². The number of allylic oxidation sites excluding steroid dienone is 3. The lowest BCUT2D eigenvalue weighted by atomic mass is 9.50. The fourth-order valence-electron chi connectivity index (χ4n) is 6.26. The number of nitrogens with zero attached hydrogens (tertiary/aromatic N) is 1. The Labute approximate surface area is 136 Å². The Balaban J connectivity index is 2.07. The van der Waals surface area contributed by atoms with Crippen molar-refractivity contribution in [2.24, 2.45) is 35.0 Å². The minimum Gasteiger partial charge on any atom is -0.310 e. The highest BCUT2D eigenvalue weighted by Crippen LogP contribution is 2.67. The van der Waals surface area contributed by atoms with E-state index >= 15 is 0 Å². The van der Waals surface area contributed by atoms with Crippen LogP contribution in [0, 0.1) is 41.6 Å². The smallest absolute Gasteiger partial charge is 0.233 e. The first-order valence-corrected chi connectivity index (χ1v) is 9.07. The summed E-state index contributed by atoms with van der Waals surface area (Å²) in [5.41, 5.74) is 1.36. The molecule has 7 atom stereocenters. The molecular formula is C21H31N. The minimum absolute atomic E-state index is 0.117. The van der Waals surface area contributed by atoms with Crippen molar-refractivity contribution in [3.8, 4) is 0 Å². The number of hydrogen-bond donors (Lipinski definition) is 0.